The lowest BCUT2D eigenvalue weighted by atomic mass is 10.0. The summed E-state index contributed by atoms with van der Waals surface area (Å²) in [4.78, 5) is 2.32. The van der Waals surface area contributed by atoms with E-state index >= 15 is 0 Å². The van der Waals surface area contributed by atoms with Crippen molar-refractivity contribution in [2.45, 2.75) is 6.04 Å². The molecule has 1 atom stereocenters. The number of furan rings is 1. The van der Waals surface area contributed by atoms with Crippen molar-refractivity contribution in [2.24, 2.45) is 0 Å². The van der Waals surface area contributed by atoms with E-state index < -0.39 is 5.82 Å². The summed E-state index contributed by atoms with van der Waals surface area (Å²) in [6.45, 7) is 3.71. The molecule has 3 nitrogen and oxygen atoms in total. The molecule has 0 amide bonds. The number of rotatable bonds is 3. The molecule has 1 N–H and O–H groups in total. The average Bonchev–Trinajstić information content (AvgIpc) is 2.98. The van der Waals surface area contributed by atoms with Gasteiger partial charge in [-0.2, -0.15) is 0 Å². The molecule has 3 rings (SSSR count). The highest BCUT2D eigenvalue weighted by atomic mass is 35.5. The number of nitrogens with one attached hydrogen (secondary N) is 1. The van der Waals surface area contributed by atoms with Gasteiger partial charge >= 0.3 is 0 Å². The van der Waals surface area contributed by atoms with Crippen LogP contribution in [0.1, 0.15) is 17.4 Å². The second-order valence-corrected chi connectivity index (χ2v) is 5.28. The third kappa shape index (κ3) is 3.58. The van der Waals surface area contributed by atoms with Gasteiger partial charge in [0.1, 0.15) is 11.6 Å². The molecule has 1 aliphatic heterocycles. The molecule has 114 valence electrons. The van der Waals surface area contributed by atoms with E-state index in [1.807, 2.05) is 12.1 Å². The number of halogens is 3. The Bertz CT molecular complexity index is 571. The number of hydrogen-bond acceptors (Lipinski definition) is 3. The molecule has 0 aliphatic carbocycles. The molecule has 1 aromatic carbocycles. The van der Waals surface area contributed by atoms with Gasteiger partial charge in [-0.3, -0.25) is 4.90 Å². The molecular weight excluding hydrogens is 314 g/mol. The summed E-state index contributed by atoms with van der Waals surface area (Å²) < 4.78 is 18.9. The van der Waals surface area contributed by atoms with E-state index in [1.54, 1.807) is 18.4 Å². The van der Waals surface area contributed by atoms with Crippen molar-refractivity contribution in [1.29, 1.82) is 0 Å². The third-order valence-corrected chi connectivity index (χ3v) is 3.88. The van der Waals surface area contributed by atoms with Gasteiger partial charge in [0.2, 0.25) is 0 Å². The number of benzene rings is 1. The van der Waals surface area contributed by atoms with Gasteiger partial charge in [0.25, 0.3) is 0 Å². The summed E-state index contributed by atoms with van der Waals surface area (Å²) in [5, 5.41) is 3.48. The maximum absolute atomic E-state index is 13.4. The first kappa shape index (κ1) is 16.3. The van der Waals surface area contributed by atoms with E-state index in [0.717, 1.165) is 37.5 Å². The van der Waals surface area contributed by atoms with Crippen LogP contribution in [0.15, 0.2) is 41.0 Å². The van der Waals surface area contributed by atoms with Gasteiger partial charge in [-0.1, -0.05) is 17.7 Å². The van der Waals surface area contributed by atoms with Gasteiger partial charge in [-0.15, -0.1) is 12.4 Å². The Kier molecular flexibility index (Phi) is 5.65. The van der Waals surface area contributed by atoms with Gasteiger partial charge in [0.15, 0.2) is 0 Å². The average molecular weight is 331 g/mol. The molecule has 1 saturated heterocycles. The first-order valence-corrected chi connectivity index (χ1v) is 7.06. The molecule has 1 fully saturated rings. The van der Waals surface area contributed by atoms with Crippen molar-refractivity contribution in [3.05, 3.63) is 58.8 Å². The first-order valence-electron chi connectivity index (χ1n) is 6.69. The van der Waals surface area contributed by atoms with Crippen molar-refractivity contribution in [3.8, 4) is 0 Å². The Balaban J connectivity index is 0.00000161. The molecular formula is C15H17Cl2FN2O. The third-order valence-electron chi connectivity index (χ3n) is 3.59. The molecule has 0 bridgehead atoms. The second kappa shape index (κ2) is 7.27. The normalized spacial score (nSPS) is 17.2. The molecule has 0 unspecified atom stereocenters. The Labute approximate surface area is 134 Å². The van der Waals surface area contributed by atoms with Crippen LogP contribution in [-0.4, -0.2) is 31.1 Å². The van der Waals surface area contributed by atoms with Gasteiger partial charge in [-0.05, 0) is 29.8 Å². The highest BCUT2D eigenvalue weighted by Crippen LogP contribution is 2.31. The van der Waals surface area contributed by atoms with Crippen LogP contribution in [0.3, 0.4) is 0 Å². The fourth-order valence-corrected chi connectivity index (χ4v) is 2.81. The molecule has 1 aromatic heterocycles. The van der Waals surface area contributed by atoms with Crippen molar-refractivity contribution < 1.29 is 8.81 Å². The Hall–Kier alpha value is -1.07. The van der Waals surface area contributed by atoms with Crippen LogP contribution in [0.2, 0.25) is 5.02 Å². The lowest BCUT2D eigenvalue weighted by molar-refractivity contribution is 0.180. The number of hydrogen-bond donors (Lipinski definition) is 1. The molecule has 1 aliphatic rings. The molecule has 0 saturated carbocycles. The molecule has 21 heavy (non-hydrogen) atoms. The van der Waals surface area contributed by atoms with Crippen molar-refractivity contribution in [2.75, 3.05) is 26.2 Å². The minimum atomic E-state index is -0.395. The standard InChI is InChI=1S/C15H16ClFN2O.ClH/c16-12-10-11(3-4-13(12)17)15(14-2-1-9-20-14)19-7-5-18-6-8-19;/h1-4,9-10,15,18H,5-8H2;1H/t15-;/m0./s1. The minimum Gasteiger partial charge on any atom is -0.467 e. The van der Waals surface area contributed by atoms with Gasteiger partial charge in [0, 0.05) is 26.2 Å². The van der Waals surface area contributed by atoms with Gasteiger partial charge in [-0.25, -0.2) is 4.39 Å². The Morgan fingerprint density at radius 2 is 2.00 bits per heavy atom. The van der Waals surface area contributed by atoms with E-state index in [-0.39, 0.29) is 23.5 Å². The predicted molar refractivity (Wildman–Crippen MR) is 83.7 cm³/mol. The molecule has 0 spiro atoms. The smallest absolute Gasteiger partial charge is 0.141 e. The highest BCUT2D eigenvalue weighted by molar-refractivity contribution is 6.30. The summed E-state index contributed by atoms with van der Waals surface area (Å²) >= 11 is 5.92. The van der Waals surface area contributed by atoms with Crippen molar-refractivity contribution in [1.82, 2.24) is 10.2 Å². The maximum Gasteiger partial charge on any atom is 0.141 e. The zero-order chi connectivity index (χ0) is 13.9. The van der Waals surface area contributed by atoms with Crippen molar-refractivity contribution in [3.63, 3.8) is 0 Å². The molecule has 6 heteroatoms. The quantitative estimate of drug-likeness (QED) is 0.933. The van der Waals surface area contributed by atoms with Gasteiger partial charge in [0.05, 0.1) is 17.3 Å². The summed E-state index contributed by atoms with van der Waals surface area (Å²) in [6, 6.07) is 8.67. The van der Waals surface area contributed by atoms with Gasteiger partial charge < -0.3 is 9.73 Å². The molecule has 2 heterocycles. The summed E-state index contributed by atoms with van der Waals surface area (Å²) in [5.41, 5.74) is 0.952. The lowest BCUT2D eigenvalue weighted by Crippen LogP contribution is -2.45. The van der Waals surface area contributed by atoms with Crippen LogP contribution in [-0.2, 0) is 0 Å². The highest BCUT2D eigenvalue weighted by Gasteiger charge is 2.26. The van der Waals surface area contributed by atoms with E-state index in [1.165, 1.54) is 6.07 Å². The van der Waals surface area contributed by atoms with E-state index in [4.69, 9.17) is 16.0 Å². The van der Waals surface area contributed by atoms with Crippen LogP contribution >= 0.6 is 24.0 Å². The monoisotopic (exact) mass is 330 g/mol. The molecule has 2 aromatic rings. The molecule has 0 radical (unpaired) electrons. The second-order valence-electron chi connectivity index (χ2n) is 4.88. The van der Waals surface area contributed by atoms with E-state index in [0.29, 0.717) is 0 Å². The largest absolute Gasteiger partial charge is 0.467 e. The first-order chi connectivity index (χ1) is 9.75. The fraction of sp³-hybridized carbons (Fsp3) is 0.333. The number of nitrogens with zero attached hydrogens (tertiary/aromatic N) is 1. The van der Waals surface area contributed by atoms with Crippen LogP contribution < -0.4 is 5.32 Å². The van der Waals surface area contributed by atoms with Crippen LogP contribution in [0.4, 0.5) is 4.39 Å². The van der Waals surface area contributed by atoms with Crippen LogP contribution in [0.5, 0.6) is 0 Å². The van der Waals surface area contributed by atoms with Crippen molar-refractivity contribution >= 4 is 24.0 Å². The Morgan fingerprint density at radius 3 is 2.62 bits per heavy atom. The van der Waals surface area contributed by atoms with Crippen LogP contribution in [0.25, 0.3) is 0 Å². The maximum atomic E-state index is 13.4. The zero-order valence-corrected chi connectivity index (χ0v) is 13.0. The summed E-state index contributed by atoms with van der Waals surface area (Å²) in [5.74, 6) is 0.462. The minimum absolute atomic E-state index is 0. The summed E-state index contributed by atoms with van der Waals surface area (Å²) in [7, 11) is 0. The fourth-order valence-electron chi connectivity index (χ4n) is 2.62. The summed E-state index contributed by atoms with van der Waals surface area (Å²) in [6.07, 6.45) is 1.66. The van der Waals surface area contributed by atoms with E-state index in [2.05, 4.69) is 10.2 Å². The SMILES string of the molecule is Cl.Fc1ccc([C@@H](c2ccco2)N2CCNCC2)cc1Cl. The lowest BCUT2D eigenvalue weighted by Gasteiger charge is -2.34. The topological polar surface area (TPSA) is 28.4 Å². The number of piperazine rings is 1. The Morgan fingerprint density at radius 1 is 1.24 bits per heavy atom. The van der Waals surface area contributed by atoms with Crippen LogP contribution in [0, 0.1) is 5.82 Å². The van der Waals surface area contributed by atoms with E-state index in [9.17, 15) is 4.39 Å². The predicted octanol–water partition coefficient (Wildman–Crippen LogP) is 3.49. The zero-order valence-electron chi connectivity index (χ0n) is 11.4.